The van der Waals surface area contributed by atoms with E-state index in [1.54, 1.807) is 6.07 Å². The Labute approximate surface area is 120 Å². The van der Waals surface area contributed by atoms with Crippen molar-refractivity contribution in [3.8, 4) is 5.75 Å². The summed E-state index contributed by atoms with van der Waals surface area (Å²) < 4.78 is 32.7. The third-order valence-electron chi connectivity index (χ3n) is 4.19. The van der Waals surface area contributed by atoms with Gasteiger partial charge in [-0.3, -0.25) is 0 Å². The highest BCUT2D eigenvalue weighted by Gasteiger charge is 2.41. The maximum absolute atomic E-state index is 12.4. The fraction of sp³-hybridized carbons (Fsp3) is 0.571. The van der Waals surface area contributed by atoms with Crippen LogP contribution in [-0.2, 0) is 10.0 Å². The lowest BCUT2D eigenvalue weighted by Gasteiger charge is -2.16. The summed E-state index contributed by atoms with van der Waals surface area (Å²) in [5.74, 6) is 0.325. The summed E-state index contributed by atoms with van der Waals surface area (Å²) in [5.41, 5.74) is 7.21. The van der Waals surface area contributed by atoms with Crippen molar-refractivity contribution in [3.05, 3.63) is 17.7 Å². The van der Waals surface area contributed by atoms with E-state index in [1.165, 1.54) is 13.2 Å². The van der Waals surface area contributed by atoms with Gasteiger partial charge in [-0.2, -0.15) is 0 Å². The summed E-state index contributed by atoms with van der Waals surface area (Å²) in [6.45, 7) is 4.38. The Morgan fingerprint density at radius 1 is 1.40 bits per heavy atom. The number of methoxy groups -OCH3 is 1. The molecule has 112 valence electrons. The first-order valence-corrected chi connectivity index (χ1v) is 8.26. The predicted octanol–water partition coefficient (Wildman–Crippen LogP) is 2.05. The molecule has 1 fully saturated rings. The lowest BCUT2D eigenvalue weighted by molar-refractivity contribution is 0.401. The number of aryl methyl sites for hydroxylation is 1. The molecule has 6 heteroatoms. The van der Waals surface area contributed by atoms with Crippen LogP contribution in [0, 0.1) is 12.3 Å². The van der Waals surface area contributed by atoms with Crippen LogP contribution in [0.4, 0.5) is 5.69 Å². The maximum Gasteiger partial charge on any atom is 0.244 e. The number of nitrogen functional groups attached to an aromatic ring is 1. The predicted molar refractivity (Wildman–Crippen MR) is 79.3 cm³/mol. The largest absolute Gasteiger partial charge is 0.495 e. The minimum atomic E-state index is -3.60. The van der Waals surface area contributed by atoms with Crippen LogP contribution in [-0.4, -0.2) is 22.1 Å². The first-order valence-electron chi connectivity index (χ1n) is 6.77. The molecule has 1 aromatic rings. The molecule has 0 amide bonds. The molecule has 3 N–H and O–H groups in total. The fourth-order valence-electron chi connectivity index (χ4n) is 2.20. The molecule has 0 aromatic heterocycles. The highest BCUT2D eigenvalue weighted by molar-refractivity contribution is 7.89. The van der Waals surface area contributed by atoms with Gasteiger partial charge in [0.25, 0.3) is 0 Å². The van der Waals surface area contributed by atoms with Crippen molar-refractivity contribution in [2.45, 2.75) is 38.0 Å². The highest BCUT2D eigenvalue weighted by atomic mass is 32.2. The number of sulfonamides is 1. The summed E-state index contributed by atoms with van der Waals surface area (Å²) in [6.07, 6.45) is 3.15. The smallest absolute Gasteiger partial charge is 0.244 e. The molecule has 0 saturated heterocycles. The monoisotopic (exact) mass is 298 g/mol. The molecule has 0 aliphatic heterocycles. The quantitative estimate of drug-likeness (QED) is 0.788. The van der Waals surface area contributed by atoms with Crippen molar-refractivity contribution >= 4 is 15.7 Å². The Balaban J connectivity index is 2.27. The molecule has 0 spiro atoms. The zero-order chi connectivity index (χ0) is 15.0. The van der Waals surface area contributed by atoms with Crippen LogP contribution in [0.2, 0.25) is 0 Å². The van der Waals surface area contributed by atoms with Crippen LogP contribution in [0.5, 0.6) is 5.75 Å². The molecule has 1 aliphatic rings. The average molecular weight is 298 g/mol. The molecular formula is C14H22N2O3S. The molecule has 5 nitrogen and oxygen atoms in total. The van der Waals surface area contributed by atoms with Crippen LogP contribution in [0.25, 0.3) is 0 Å². The second-order valence-corrected chi connectivity index (χ2v) is 7.27. The molecule has 1 saturated carbocycles. The number of ether oxygens (including phenoxy) is 1. The van der Waals surface area contributed by atoms with Crippen molar-refractivity contribution in [1.82, 2.24) is 4.72 Å². The molecule has 0 unspecified atom stereocenters. The minimum absolute atomic E-state index is 0.106. The number of benzene rings is 1. The van der Waals surface area contributed by atoms with Gasteiger partial charge in [-0.1, -0.05) is 6.92 Å². The van der Waals surface area contributed by atoms with Crippen LogP contribution in [0.1, 0.15) is 31.7 Å². The normalized spacial score (nSPS) is 16.9. The molecule has 1 aliphatic carbocycles. The number of nitrogens with two attached hydrogens (primary N) is 1. The van der Waals surface area contributed by atoms with E-state index in [2.05, 4.69) is 11.6 Å². The van der Waals surface area contributed by atoms with Gasteiger partial charge in [0.05, 0.1) is 7.11 Å². The van der Waals surface area contributed by atoms with Gasteiger partial charge in [0.15, 0.2) is 0 Å². The second-order valence-electron chi connectivity index (χ2n) is 5.54. The van der Waals surface area contributed by atoms with E-state index in [9.17, 15) is 8.42 Å². The molecule has 20 heavy (non-hydrogen) atoms. The van der Waals surface area contributed by atoms with Gasteiger partial charge in [-0.05, 0) is 49.3 Å². The van der Waals surface area contributed by atoms with Crippen LogP contribution >= 0.6 is 0 Å². The summed E-state index contributed by atoms with van der Waals surface area (Å²) in [5, 5.41) is 0. The third kappa shape index (κ3) is 2.91. The zero-order valence-electron chi connectivity index (χ0n) is 12.2. The zero-order valence-corrected chi connectivity index (χ0v) is 13.0. The molecular weight excluding hydrogens is 276 g/mol. The van der Waals surface area contributed by atoms with E-state index in [-0.39, 0.29) is 10.3 Å². The number of hydrogen-bond acceptors (Lipinski definition) is 4. The molecule has 0 radical (unpaired) electrons. The lowest BCUT2D eigenvalue weighted by atomic mass is 10.1. The molecule has 0 bridgehead atoms. The lowest BCUT2D eigenvalue weighted by Crippen LogP contribution is -2.30. The van der Waals surface area contributed by atoms with Gasteiger partial charge < -0.3 is 10.5 Å². The highest BCUT2D eigenvalue weighted by Crippen LogP contribution is 2.48. The number of anilines is 1. The minimum Gasteiger partial charge on any atom is -0.495 e. The van der Waals surface area contributed by atoms with E-state index in [0.29, 0.717) is 18.0 Å². The Hall–Kier alpha value is -1.27. The number of hydrogen-bond donors (Lipinski definition) is 2. The topological polar surface area (TPSA) is 81.4 Å². The number of nitrogens with one attached hydrogen (secondary N) is 1. The van der Waals surface area contributed by atoms with Crippen molar-refractivity contribution in [2.75, 3.05) is 19.4 Å². The summed E-state index contributed by atoms with van der Waals surface area (Å²) in [6, 6.07) is 3.11. The van der Waals surface area contributed by atoms with Crippen LogP contribution in [0.15, 0.2) is 17.0 Å². The van der Waals surface area contributed by atoms with Crippen molar-refractivity contribution < 1.29 is 13.2 Å². The van der Waals surface area contributed by atoms with Crippen molar-refractivity contribution in [3.63, 3.8) is 0 Å². The Bertz CT molecular complexity index is 607. The van der Waals surface area contributed by atoms with Gasteiger partial charge >= 0.3 is 0 Å². The maximum atomic E-state index is 12.4. The van der Waals surface area contributed by atoms with Crippen LogP contribution in [0.3, 0.4) is 0 Å². The average Bonchev–Trinajstić information content (AvgIpc) is 3.20. The Morgan fingerprint density at radius 2 is 2.05 bits per heavy atom. The van der Waals surface area contributed by atoms with Crippen LogP contribution < -0.4 is 15.2 Å². The van der Waals surface area contributed by atoms with Crippen molar-refractivity contribution in [2.24, 2.45) is 5.41 Å². The van der Waals surface area contributed by atoms with E-state index < -0.39 is 10.0 Å². The number of rotatable bonds is 6. The van der Waals surface area contributed by atoms with Gasteiger partial charge in [-0.15, -0.1) is 0 Å². The second kappa shape index (κ2) is 5.26. The van der Waals surface area contributed by atoms with Gasteiger partial charge in [-0.25, -0.2) is 13.1 Å². The van der Waals surface area contributed by atoms with E-state index in [4.69, 9.17) is 10.5 Å². The SMILES string of the molecule is CCC1(CNS(=O)(=O)c2cc(N)c(C)cc2OC)CC1. The first kappa shape index (κ1) is 15.1. The van der Waals surface area contributed by atoms with Gasteiger partial charge in [0.1, 0.15) is 10.6 Å². The molecule has 2 rings (SSSR count). The third-order valence-corrected chi connectivity index (χ3v) is 5.61. The molecule has 0 atom stereocenters. The molecule has 0 heterocycles. The summed E-state index contributed by atoms with van der Waals surface area (Å²) in [4.78, 5) is 0.106. The van der Waals surface area contributed by atoms with Gasteiger partial charge in [0.2, 0.25) is 10.0 Å². The van der Waals surface area contributed by atoms with Gasteiger partial charge in [0, 0.05) is 12.2 Å². The molecule has 1 aromatic carbocycles. The summed E-state index contributed by atoms with van der Waals surface area (Å²) in [7, 11) is -2.14. The Kier molecular flexibility index (Phi) is 3.97. The standard InChI is InChI=1S/C14H22N2O3S/c1-4-14(5-6-14)9-16-20(17,18)13-8-11(15)10(2)7-12(13)19-3/h7-8,16H,4-6,9,15H2,1-3H3. The van der Waals surface area contributed by atoms with E-state index in [0.717, 1.165) is 24.8 Å². The van der Waals surface area contributed by atoms with Crippen molar-refractivity contribution in [1.29, 1.82) is 0 Å². The van der Waals surface area contributed by atoms with E-state index >= 15 is 0 Å². The fourth-order valence-corrected chi connectivity index (χ4v) is 3.55. The first-order chi connectivity index (χ1) is 9.33. The Morgan fingerprint density at radius 3 is 2.55 bits per heavy atom. The summed E-state index contributed by atoms with van der Waals surface area (Å²) >= 11 is 0. The van der Waals surface area contributed by atoms with E-state index in [1.807, 2.05) is 6.92 Å².